The van der Waals surface area contributed by atoms with Crippen LogP contribution in [0.5, 0.6) is 0 Å². The number of fused-ring (bicyclic) bond motifs is 1. The van der Waals surface area contributed by atoms with E-state index in [-0.39, 0.29) is 17.8 Å². The van der Waals surface area contributed by atoms with Crippen molar-refractivity contribution in [2.45, 2.75) is 89.9 Å². The molecule has 2 N–H and O–H groups in total. The highest BCUT2D eigenvalue weighted by Crippen LogP contribution is 2.43. The van der Waals surface area contributed by atoms with Crippen molar-refractivity contribution >= 4 is 11.7 Å². The third kappa shape index (κ3) is 4.17. The zero-order valence-corrected chi connectivity index (χ0v) is 16.1. The number of rotatable bonds is 7. The molecule has 7 heteroatoms. The second-order valence-corrected chi connectivity index (χ2v) is 7.33. The largest absolute Gasteiger partial charge is 0.385 e. The van der Waals surface area contributed by atoms with Crippen LogP contribution >= 0.6 is 0 Å². The summed E-state index contributed by atoms with van der Waals surface area (Å²) in [7, 11) is 0. The third-order valence-electron chi connectivity index (χ3n) is 5.32. The normalized spacial score (nSPS) is 34.5. The molecule has 0 spiro atoms. The SMILES string of the molecule is CCCCO[C@H]1CCC[C@@]2(O)[C@@H](O)[C@H](N(/C=C(/C)C(C)=O)C(C)=O)O[C@@H]12. The molecule has 7 nitrogen and oxygen atoms in total. The number of aliphatic hydroxyl groups excluding tert-OH is 1. The minimum atomic E-state index is -1.47. The summed E-state index contributed by atoms with van der Waals surface area (Å²) in [5.41, 5.74) is -1.10. The van der Waals surface area contributed by atoms with Gasteiger partial charge in [-0.05, 0) is 39.5 Å². The first-order chi connectivity index (χ1) is 12.2. The monoisotopic (exact) mass is 369 g/mol. The summed E-state index contributed by atoms with van der Waals surface area (Å²) in [4.78, 5) is 24.8. The van der Waals surface area contributed by atoms with Crippen molar-refractivity contribution < 1.29 is 29.3 Å². The van der Waals surface area contributed by atoms with Crippen molar-refractivity contribution in [1.82, 2.24) is 4.90 Å². The number of carbonyl (C=O) groups excluding carboxylic acids is 2. The molecule has 0 aromatic carbocycles. The Balaban J connectivity index is 2.24. The summed E-state index contributed by atoms with van der Waals surface area (Å²) in [6, 6.07) is 0. The molecule has 0 aromatic rings. The quantitative estimate of drug-likeness (QED) is 0.522. The van der Waals surface area contributed by atoms with E-state index in [9.17, 15) is 19.8 Å². The van der Waals surface area contributed by atoms with Gasteiger partial charge >= 0.3 is 0 Å². The molecule has 5 atom stereocenters. The van der Waals surface area contributed by atoms with Gasteiger partial charge in [0.25, 0.3) is 0 Å². The summed E-state index contributed by atoms with van der Waals surface area (Å²) in [6.45, 7) is 6.97. The molecule has 1 amide bonds. The Bertz CT molecular complexity index is 562. The summed E-state index contributed by atoms with van der Waals surface area (Å²) in [6.07, 6.45) is 1.76. The standard InChI is InChI=1S/C19H31NO6/c1-5-6-10-25-15-8-7-9-19(24)16(23)18(26-17(15)19)20(14(4)22)11-12(2)13(3)21/h11,15-18,23-24H,5-10H2,1-4H3/b12-11-/t15-,16-,17-,18+,19+/m0/s1. The molecule has 1 heterocycles. The second-order valence-electron chi connectivity index (χ2n) is 7.33. The lowest BCUT2D eigenvalue weighted by Crippen LogP contribution is -2.56. The van der Waals surface area contributed by atoms with Crippen molar-refractivity contribution in [1.29, 1.82) is 0 Å². The number of unbranched alkanes of at least 4 members (excludes halogenated alkanes) is 1. The number of Topliss-reactive ketones (excluding diaryl/α,β-unsaturated/α-hetero) is 1. The van der Waals surface area contributed by atoms with Gasteiger partial charge in [-0.25, -0.2) is 0 Å². The van der Waals surface area contributed by atoms with Gasteiger partial charge in [0, 0.05) is 25.3 Å². The Morgan fingerprint density at radius 3 is 2.62 bits per heavy atom. The molecule has 1 saturated heterocycles. The van der Waals surface area contributed by atoms with Crippen LogP contribution < -0.4 is 0 Å². The molecular formula is C19H31NO6. The zero-order chi connectivity index (χ0) is 19.5. The maximum absolute atomic E-state index is 12.1. The fraction of sp³-hybridized carbons (Fsp3) is 0.789. The van der Waals surface area contributed by atoms with E-state index in [0.29, 0.717) is 25.0 Å². The van der Waals surface area contributed by atoms with Gasteiger partial charge < -0.3 is 19.7 Å². The van der Waals surface area contributed by atoms with Gasteiger partial charge in [0.05, 0.1) is 6.10 Å². The first-order valence-corrected chi connectivity index (χ1v) is 9.38. The lowest BCUT2D eigenvalue weighted by Gasteiger charge is -2.39. The van der Waals surface area contributed by atoms with E-state index < -0.39 is 24.0 Å². The predicted molar refractivity (Wildman–Crippen MR) is 95.1 cm³/mol. The highest BCUT2D eigenvalue weighted by Gasteiger charge is 2.60. The number of amides is 1. The topological polar surface area (TPSA) is 96.3 Å². The van der Waals surface area contributed by atoms with E-state index in [1.54, 1.807) is 6.92 Å². The van der Waals surface area contributed by atoms with E-state index in [1.807, 2.05) is 0 Å². The van der Waals surface area contributed by atoms with E-state index >= 15 is 0 Å². The van der Waals surface area contributed by atoms with E-state index in [2.05, 4.69) is 6.92 Å². The van der Waals surface area contributed by atoms with Crippen LogP contribution in [-0.4, -0.2) is 63.6 Å². The molecule has 0 radical (unpaired) electrons. The number of hydrogen-bond acceptors (Lipinski definition) is 6. The van der Waals surface area contributed by atoms with E-state index in [4.69, 9.17) is 9.47 Å². The number of aliphatic hydroxyl groups is 2. The number of ketones is 1. The highest BCUT2D eigenvalue weighted by molar-refractivity contribution is 5.93. The molecule has 2 aliphatic rings. The van der Waals surface area contributed by atoms with Gasteiger partial charge in [0.2, 0.25) is 5.91 Å². The van der Waals surface area contributed by atoms with Crippen LogP contribution in [0.4, 0.5) is 0 Å². The van der Waals surface area contributed by atoms with Crippen molar-refractivity contribution in [3.63, 3.8) is 0 Å². The van der Waals surface area contributed by atoms with Gasteiger partial charge in [-0.2, -0.15) is 0 Å². The minimum absolute atomic E-state index is 0.180. The van der Waals surface area contributed by atoms with Gasteiger partial charge in [0.1, 0.15) is 17.8 Å². The molecule has 2 rings (SSSR count). The van der Waals surface area contributed by atoms with Crippen molar-refractivity contribution in [2.24, 2.45) is 0 Å². The first kappa shape index (κ1) is 21.0. The van der Waals surface area contributed by atoms with Crippen LogP contribution in [0.25, 0.3) is 0 Å². The van der Waals surface area contributed by atoms with Crippen LogP contribution in [0.3, 0.4) is 0 Å². The minimum Gasteiger partial charge on any atom is -0.385 e. The maximum atomic E-state index is 12.1. The molecule has 0 aromatic heterocycles. The van der Waals surface area contributed by atoms with Crippen LogP contribution in [0.15, 0.2) is 11.8 Å². The average Bonchev–Trinajstić information content (AvgIpc) is 2.84. The number of hydrogen-bond donors (Lipinski definition) is 2. The van der Waals surface area contributed by atoms with Crippen LogP contribution in [-0.2, 0) is 19.1 Å². The Hall–Kier alpha value is -1.28. The smallest absolute Gasteiger partial charge is 0.225 e. The predicted octanol–water partition coefficient (Wildman–Crippen LogP) is 1.51. The first-order valence-electron chi connectivity index (χ1n) is 9.38. The van der Waals surface area contributed by atoms with Crippen LogP contribution in [0, 0.1) is 0 Å². The molecule has 1 saturated carbocycles. The third-order valence-corrected chi connectivity index (χ3v) is 5.32. The molecule has 1 aliphatic carbocycles. The Kier molecular flexibility index (Phi) is 6.96. The fourth-order valence-electron chi connectivity index (χ4n) is 3.61. The molecular weight excluding hydrogens is 338 g/mol. The summed E-state index contributed by atoms with van der Waals surface area (Å²) >= 11 is 0. The molecule has 2 fully saturated rings. The van der Waals surface area contributed by atoms with Gasteiger partial charge in [0.15, 0.2) is 12.0 Å². The molecule has 1 aliphatic heterocycles. The highest BCUT2D eigenvalue weighted by atomic mass is 16.6. The molecule has 26 heavy (non-hydrogen) atoms. The van der Waals surface area contributed by atoms with Crippen LogP contribution in [0.1, 0.15) is 59.8 Å². The molecule has 148 valence electrons. The van der Waals surface area contributed by atoms with Crippen molar-refractivity contribution in [2.75, 3.05) is 6.61 Å². The molecule has 0 unspecified atom stereocenters. The lowest BCUT2D eigenvalue weighted by atomic mass is 9.78. The number of ether oxygens (including phenoxy) is 2. The summed E-state index contributed by atoms with van der Waals surface area (Å²) < 4.78 is 11.8. The number of carbonyl (C=O) groups is 2. The van der Waals surface area contributed by atoms with E-state index in [0.717, 1.165) is 19.3 Å². The Labute approximate surface area is 155 Å². The average molecular weight is 369 g/mol. The fourth-order valence-corrected chi connectivity index (χ4v) is 3.61. The summed E-state index contributed by atoms with van der Waals surface area (Å²) in [5, 5.41) is 21.8. The van der Waals surface area contributed by atoms with E-state index in [1.165, 1.54) is 24.9 Å². The zero-order valence-electron chi connectivity index (χ0n) is 16.1. The Morgan fingerprint density at radius 2 is 2.04 bits per heavy atom. The van der Waals surface area contributed by atoms with Crippen LogP contribution in [0.2, 0.25) is 0 Å². The van der Waals surface area contributed by atoms with Gasteiger partial charge in [-0.3, -0.25) is 14.5 Å². The van der Waals surface area contributed by atoms with Gasteiger partial charge in [-0.15, -0.1) is 0 Å². The molecule has 0 bridgehead atoms. The van der Waals surface area contributed by atoms with Crippen molar-refractivity contribution in [3.05, 3.63) is 11.8 Å². The van der Waals surface area contributed by atoms with Gasteiger partial charge in [-0.1, -0.05) is 13.3 Å². The number of allylic oxidation sites excluding steroid dienone is 1. The number of nitrogens with zero attached hydrogens (tertiary/aromatic N) is 1. The second kappa shape index (κ2) is 8.61. The lowest BCUT2D eigenvalue weighted by molar-refractivity contribution is -0.166. The van der Waals surface area contributed by atoms with Crippen molar-refractivity contribution in [3.8, 4) is 0 Å². The maximum Gasteiger partial charge on any atom is 0.225 e. The Morgan fingerprint density at radius 1 is 1.35 bits per heavy atom. The summed E-state index contributed by atoms with van der Waals surface area (Å²) in [5.74, 6) is -0.555.